The lowest BCUT2D eigenvalue weighted by atomic mass is 10.4. The van der Waals surface area contributed by atoms with E-state index in [1.54, 1.807) is 6.07 Å². The molecule has 0 fully saturated rings. The van der Waals surface area contributed by atoms with Gasteiger partial charge in [-0.25, -0.2) is 13.4 Å². The Labute approximate surface area is 73.8 Å². The summed E-state index contributed by atoms with van der Waals surface area (Å²) in [5.41, 5.74) is 0.0247. The molecule has 0 N–H and O–H groups in total. The number of pyridine rings is 1. The normalized spacial score (nSPS) is 10.7. The maximum absolute atomic E-state index is 10.7. The van der Waals surface area contributed by atoms with E-state index in [1.165, 1.54) is 12.3 Å². The first-order valence-corrected chi connectivity index (χ1v) is 5.16. The van der Waals surface area contributed by atoms with Crippen LogP contribution in [0.4, 0.5) is 0 Å². The van der Waals surface area contributed by atoms with Gasteiger partial charge in [0.05, 0.1) is 4.90 Å². The molecule has 0 atom stereocenters. The fraction of sp³-hybridized carbons (Fsp3) is 0. The summed E-state index contributed by atoms with van der Waals surface area (Å²) in [5.74, 6) is 0. The average molecular weight is 203 g/mol. The third-order valence-electron chi connectivity index (χ3n) is 1.13. The Morgan fingerprint density at radius 3 is 2.75 bits per heavy atom. The third-order valence-corrected chi connectivity index (χ3v) is 2.48. The lowest BCUT2D eigenvalue weighted by molar-refractivity contribution is 0.609. The number of hydrogen-bond acceptors (Lipinski definition) is 4. The van der Waals surface area contributed by atoms with E-state index in [9.17, 15) is 8.42 Å². The summed E-state index contributed by atoms with van der Waals surface area (Å²) in [5, 5.41) is 8.38. The Balaban J connectivity index is 3.32. The summed E-state index contributed by atoms with van der Waals surface area (Å²) >= 11 is 0. The highest BCUT2D eigenvalue weighted by atomic mass is 35.7. The van der Waals surface area contributed by atoms with Crippen molar-refractivity contribution in [2.24, 2.45) is 0 Å². The van der Waals surface area contributed by atoms with E-state index >= 15 is 0 Å². The van der Waals surface area contributed by atoms with E-state index in [0.29, 0.717) is 0 Å². The SMILES string of the molecule is N#Cc1cc(S(=O)(=O)Cl)ccn1. The summed E-state index contributed by atoms with van der Waals surface area (Å²) in [6.07, 6.45) is 1.22. The van der Waals surface area contributed by atoms with Crippen molar-refractivity contribution in [2.75, 3.05) is 0 Å². The second kappa shape index (κ2) is 3.09. The van der Waals surface area contributed by atoms with Crippen molar-refractivity contribution in [1.82, 2.24) is 4.98 Å². The minimum atomic E-state index is -3.75. The molecule has 6 heteroatoms. The highest BCUT2D eigenvalue weighted by Crippen LogP contribution is 2.13. The molecule has 0 saturated carbocycles. The Hall–Kier alpha value is -1.12. The van der Waals surface area contributed by atoms with Crippen LogP contribution < -0.4 is 0 Å². The first-order valence-electron chi connectivity index (χ1n) is 2.85. The van der Waals surface area contributed by atoms with Gasteiger partial charge < -0.3 is 0 Å². The number of hydrogen-bond donors (Lipinski definition) is 0. The molecule has 12 heavy (non-hydrogen) atoms. The molecule has 0 aromatic carbocycles. The Bertz CT molecular complexity index is 435. The van der Waals surface area contributed by atoms with Crippen LogP contribution in [-0.2, 0) is 9.05 Å². The van der Waals surface area contributed by atoms with Crippen LogP contribution in [0.1, 0.15) is 5.69 Å². The minimum Gasteiger partial charge on any atom is -0.245 e. The molecule has 0 saturated heterocycles. The maximum Gasteiger partial charge on any atom is 0.261 e. The monoisotopic (exact) mass is 202 g/mol. The minimum absolute atomic E-state index is 0.0247. The van der Waals surface area contributed by atoms with E-state index in [2.05, 4.69) is 4.98 Å². The maximum atomic E-state index is 10.7. The quantitative estimate of drug-likeness (QED) is 0.634. The van der Waals surface area contributed by atoms with Gasteiger partial charge in [-0.05, 0) is 12.1 Å². The predicted molar refractivity (Wildman–Crippen MR) is 42.0 cm³/mol. The fourth-order valence-electron chi connectivity index (χ4n) is 0.624. The molecule has 62 valence electrons. The van der Waals surface area contributed by atoms with E-state index in [-0.39, 0.29) is 10.6 Å². The molecule has 0 aliphatic heterocycles. The molecule has 0 aliphatic carbocycles. The summed E-state index contributed by atoms with van der Waals surface area (Å²) in [7, 11) is 1.27. The zero-order valence-corrected chi connectivity index (χ0v) is 7.30. The van der Waals surface area contributed by atoms with Crippen LogP contribution in [-0.4, -0.2) is 13.4 Å². The zero-order chi connectivity index (χ0) is 9.19. The third kappa shape index (κ3) is 1.94. The number of rotatable bonds is 1. The topological polar surface area (TPSA) is 70.8 Å². The van der Waals surface area contributed by atoms with E-state index in [1.807, 2.05) is 0 Å². The molecule has 4 nitrogen and oxygen atoms in total. The number of nitrogens with zero attached hydrogens (tertiary/aromatic N) is 2. The smallest absolute Gasteiger partial charge is 0.245 e. The standard InChI is InChI=1S/C6H3ClN2O2S/c7-12(10,11)6-1-2-9-5(3-6)4-8/h1-3H. The lowest BCUT2D eigenvalue weighted by Crippen LogP contribution is -1.92. The number of nitriles is 1. The molecule has 1 aromatic heterocycles. The molecule has 1 heterocycles. The molecule has 0 unspecified atom stereocenters. The lowest BCUT2D eigenvalue weighted by Gasteiger charge is -1.93. The Kier molecular flexibility index (Phi) is 2.31. The van der Waals surface area contributed by atoms with Crippen molar-refractivity contribution in [3.8, 4) is 6.07 Å². The van der Waals surface area contributed by atoms with Crippen molar-refractivity contribution in [1.29, 1.82) is 5.26 Å². The van der Waals surface area contributed by atoms with Gasteiger partial charge in [0.1, 0.15) is 11.8 Å². The van der Waals surface area contributed by atoms with Crippen LogP contribution in [0.5, 0.6) is 0 Å². The van der Waals surface area contributed by atoms with Gasteiger partial charge in [0.25, 0.3) is 9.05 Å². The van der Waals surface area contributed by atoms with Crippen molar-refractivity contribution in [3.63, 3.8) is 0 Å². The van der Waals surface area contributed by atoms with Crippen LogP contribution >= 0.6 is 10.7 Å². The molecule has 1 rings (SSSR count). The van der Waals surface area contributed by atoms with Gasteiger partial charge in [-0.2, -0.15) is 5.26 Å². The summed E-state index contributed by atoms with van der Waals surface area (Å²) in [4.78, 5) is 3.47. The second-order valence-electron chi connectivity index (χ2n) is 1.93. The molecule has 0 spiro atoms. The first-order chi connectivity index (χ1) is 5.54. The van der Waals surface area contributed by atoms with Crippen molar-refractivity contribution in [3.05, 3.63) is 24.0 Å². The van der Waals surface area contributed by atoms with Gasteiger partial charge in [-0.1, -0.05) is 0 Å². The molecule has 0 radical (unpaired) electrons. The van der Waals surface area contributed by atoms with Crippen LogP contribution in [0.25, 0.3) is 0 Å². The van der Waals surface area contributed by atoms with Crippen LogP contribution in [0.3, 0.4) is 0 Å². The highest BCUT2D eigenvalue weighted by Gasteiger charge is 2.09. The molecular formula is C6H3ClN2O2S. The second-order valence-corrected chi connectivity index (χ2v) is 4.49. The van der Waals surface area contributed by atoms with Gasteiger partial charge in [0, 0.05) is 16.9 Å². The fourth-order valence-corrected chi connectivity index (χ4v) is 1.39. The van der Waals surface area contributed by atoms with Gasteiger partial charge in [-0.15, -0.1) is 0 Å². The molecule has 0 bridgehead atoms. The van der Waals surface area contributed by atoms with Crippen molar-refractivity contribution < 1.29 is 8.42 Å². The summed E-state index contributed by atoms with van der Waals surface area (Å²) in [6.45, 7) is 0. The number of aromatic nitrogens is 1. The van der Waals surface area contributed by atoms with Crippen molar-refractivity contribution >= 4 is 19.7 Å². The Morgan fingerprint density at radius 1 is 1.58 bits per heavy atom. The largest absolute Gasteiger partial charge is 0.261 e. The highest BCUT2D eigenvalue weighted by molar-refractivity contribution is 8.13. The molecular weight excluding hydrogens is 200 g/mol. The van der Waals surface area contributed by atoms with Crippen LogP contribution in [0.2, 0.25) is 0 Å². The van der Waals surface area contributed by atoms with Gasteiger partial charge in [0.2, 0.25) is 0 Å². The van der Waals surface area contributed by atoms with Gasteiger partial charge >= 0.3 is 0 Å². The number of halogens is 1. The molecule has 1 aromatic rings. The predicted octanol–water partition coefficient (Wildman–Crippen LogP) is 0.881. The van der Waals surface area contributed by atoms with Crippen molar-refractivity contribution in [2.45, 2.75) is 4.90 Å². The van der Waals surface area contributed by atoms with E-state index in [0.717, 1.165) is 6.07 Å². The molecule has 0 aliphatic rings. The summed E-state index contributed by atoms with van der Waals surface area (Å²) in [6, 6.07) is 4.04. The van der Waals surface area contributed by atoms with E-state index < -0.39 is 9.05 Å². The van der Waals surface area contributed by atoms with E-state index in [4.69, 9.17) is 15.9 Å². The average Bonchev–Trinajstić information content (AvgIpc) is 2.03. The first kappa shape index (κ1) is 8.97. The van der Waals surface area contributed by atoms with Gasteiger partial charge in [0.15, 0.2) is 0 Å². The zero-order valence-electron chi connectivity index (χ0n) is 5.73. The Morgan fingerprint density at radius 2 is 2.25 bits per heavy atom. The van der Waals surface area contributed by atoms with Crippen LogP contribution in [0, 0.1) is 11.3 Å². The molecule has 0 amide bonds. The van der Waals surface area contributed by atoms with Gasteiger partial charge in [-0.3, -0.25) is 0 Å². The van der Waals surface area contributed by atoms with Crippen LogP contribution in [0.15, 0.2) is 23.2 Å². The summed E-state index contributed by atoms with van der Waals surface area (Å²) < 4.78 is 21.5.